The number of aliphatic hydroxyl groups is 2. The molecule has 0 bridgehead atoms. The van der Waals surface area contributed by atoms with Gasteiger partial charge in [-0.15, -0.1) is 0 Å². The van der Waals surface area contributed by atoms with E-state index in [2.05, 4.69) is 13.0 Å². The summed E-state index contributed by atoms with van der Waals surface area (Å²) in [5, 5.41) is 21.2. The summed E-state index contributed by atoms with van der Waals surface area (Å²) in [7, 11) is 0. The maximum atomic E-state index is 12.2. The Kier molecular flexibility index (Phi) is 9.22. The Bertz CT molecular complexity index is 943. The van der Waals surface area contributed by atoms with Crippen molar-refractivity contribution in [1.82, 2.24) is 0 Å². The van der Waals surface area contributed by atoms with Gasteiger partial charge < -0.3 is 19.7 Å². The highest BCUT2D eigenvalue weighted by molar-refractivity contribution is 5.71. The minimum Gasteiger partial charge on any atom is -0.482 e. The second kappa shape index (κ2) is 12.5. The molecule has 0 saturated heterocycles. The highest BCUT2D eigenvalue weighted by Crippen LogP contribution is 2.48. The average molecular weight is 481 g/mol. The maximum absolute atomic E-state index is 12.2. The molecule has 5 heteroatoms. The minimum atomic E-state index is -0.381. The van der Waals surface area contributed by atoms with Gasteiger partial charge in [-0.2, -0.15) is 0 Å². The lowest BCUT2D eigenvalue weighted by Gasteiger charge is -2.32. The van der Waals surface area contributed by atoms with Crippen LogP contribution in [0.25, 0.3) is 0 Å². The van der Waals surface area contributed by atoms with E-state index in [0.29, 0.717) is 11.8 Å². The number of esters is 1. The lowest BCUT2D eigenvalue weighted by molar-refractivity contribution is -0.147. The predicted molar refractivity (Wildman–Crippen MR) is 136 cm³/mol. The average Bonchev–Trinajstić information content (AvgIpc) is 3.18. The fourth-order valence-electron chi connectivity index (χ4n) is 6.01. The number of carbonyl (C=O) groups excluding carboxylic acids is 1. The molecule has 0 radical (unpaired) electrons. The molecule has 2 aromatic carbocycles. The van der Waals surface area contributed by atoms with Gasteiger partial charge in [-0.1, -0.05) is 68.7 Å². The Hall–Kier alpha value is -2.37. The maximum Gasteiger partial charge on any atom is 0.344 e. The monoisotopic (exact) mass is 480 g/mol. The minimum absolute atomic E-state index is 0.113. The SMILES string of the molecule is CCCCC[C@H](O)CCC1[C@H](O)C[C@@H]2Cc3c(cccc3OCC(=O)OCc3ccccc3)C[C@H]12. The van der Waals surface area contributed by atoms with Gasteiger partial charge in [0.05, 0.1) is 12.2 Å². The molecule has 0 amide bonds. The largest absolute Gasteiger partial charge is 0.482 e. The number of carbonyl (C=O) groups is 1. The zero-order valence-corrected chi connectivity index (χ0v) is 20.9. The summed E-state index contributed by atoms with van der Waals surface area (Å²) in [6.45, 7) is 2.31. The van der Waals surface area contributed by atoms with Gasteiger partial charge in [0, 0.05) is 0 Å². The third-order valence-electron chi connectivity index (χ3n) is 7.91. The first-order chi connectivity index (χ1) is 17.0. The number of hydrogen-bond acceptors (Lipinski definition) is 5. The highest BCUT2D eigenvalue weighted by atomic mass is 16.6. The number of ether oxygens (including phenoxy) is 2. The Balaban J connectivity index is 1.31. The molecule has 1 unspecified atom stereocenters. The zero-order valence-electron chi connectivity index (χ0n) is 20.9. The Morgan fingerprint density at radius 1 is 1.06 bits per heavy atom. The predicted octanol–water partition coefficient (Wildman–Crippen LogP) is 5.24. The van der Waals surface area contributed by atoms with E-state index in [1.54, 1.807) is 0 Å². The molecule has 2 N–H and O–H groups in total. The van der Waals surface area contributed by atoms with Crippen molar-refractivity contribution < 1.29 is 24.5 Å². The second-order valence-electron chi connectivity index (χ2n) is 10.4. The van der Waals surface area contributed by atoms with Gasteiger partial charge in [0.2, 0.25) is 0 Å². The van der Waals surface area contributed by atoms with Crippen LogP contribution in [0, 0.1) is 17.8 Å². The molecule has 5 nitrogen and oxygen atoms in total. The topological polar surface area (TPSA) is 76.0 Å². The van der Waals surface area contributed by atoms with Crippen molar-refractivity contribution >= 4 is 5.97 Å². The van der Waals surface area contributed by atoms with E-state index in [9.17, 15) is 15.0 Å². The van der Waals surface area contributed by atoms with Crippen LogP contribution in [0.4, 0.5) is 0 Å². The van der Waals surface area contributed by atoms with Gasteiger partial charge in [0.25, 0.3) is 0 Å². The van der Waals surface area contributed by atoms with Gasteiger partial charge in [-0.05, 0) is 79.0 Å². The quantitative estimate of drug-likeness (QED) is 0.321. The molecule has 0 heterocycles. The molecule has 5 atom stereocenters. The third kappa shape index (κ3) is 6.86. The first-order valence-electron chi connectivity index (χ1n) is 13.3. The van der Waals surface area contributed by atoms with Crippen LogP contribution in [0.5, 0.6) is 5.75 Å². The highest BCUT2D eigenvalue weighted by Gasteiger charge is 2.44. The summed E-state index contributed by atoms with van der Waals surface area (Å²) in [6.07, 6.45) is 7.94. The van der Waals surface area contributed by atoms with Crippen molar-refractivity contribution in [3.8, 4) is 5.75 Å². The fourth-order valence-corrected chi connectivity index (χ4v) is 6.01. The van der Waals surface area contributed by atoms with Crippen molar-refractivity contribution in [3.05, 3.63) is 65.2 Å². The first kappa shape index (κ1) is 25.7. The number of benzene rings is 2. The van der Waals surface area contributed by atoms with Crippen molar-refractivity contribution in [3.63, 3.8) is 0 Å². The first-order valence-corrected chi connectivity index (χ1v) is 13.3. The molecular weight excluding hydrogens is 440 g/mol. The Morgan fingerprint density at radius 2 is 1.89 bits per heavy atom. The van der Waals surface area contributed by atoms with Gasteiger partial charge in [-0.25, -0.2) is 4.79 Å². The summed E-state index contributed by atoms with van der Waals surface area (Å²) >= 11 is 0. The van der Waals surface area contributed by atoms with Crippen molar-refractivity contribution in [2.45, 2.75) is 83.5 Å². The van der Waals surface area contributed by atoms with E-state index in [-0.39, 0.29) is 37.3 Å². The summed E-state index contributed by atoms with van der Waals surface area (Å²) in [5.74, 6) is 1.46. The van der Waals surface area contributed by atoms with Crippen molar-refractivity contribution in [1.29, 1.82) is 0 Å². The third-order valence-corrected chi connectivity index (χ3v) is 7.91. The molecular formula is C30H40O5. The van der Waals surface area contributed by atoms with E-state index in [1.165, 1.54) is 12.0 Å². The zero-order chi connectivity index (χ0) is 24.6. The smallest absolute Gasteiger partial charge is 0.344 e. The van der Waals surface area contributed by atoms with Crippen LogP contribution in [0.2, 0.25) is 0 Å². The molecule has 1 fully saturated rings. The van der Waals surface area contributed by atoms with Crippen LogP contribution in [0.15, 0.2) is 48.5 Å². The van der Waals surface area contributed by atoms with Crippen LogP contribution in [0.3, 0.4) is 0 Å². The molecule has 190 valence electrons. The summed E-state index contributed by atoms with van der Waals surface area (Å²) in [6, 6.07) is 15.7. The lowest BCUT2D eigenvalue weighted by Crippen LogP contribution is -2.28. The summed E-state index contributed by atoms with van der Waals surface area (Å²) < 4.78 is 11.3. The van der Waals surface area contributed by atoms with Crippen LogP contribution in [-0.2, 0) is 29.0 Å². The number of unbranched alkanes of at least 4 members (excludes halogenated alkanes) is 2. The summed E-state index contributed by atoms with van der Waals surface area (Å²) in [5.41, 5.74) is 3.37. The number of fused-ring (bicyclic) bond motifs is 2. The van der Waals surface area contributed by atoms with Crippen LogP contribution in [-0.4, -0.2) is 35.0 Å². The van der Waals surface area contributed by atoms with Crippen LogP contribution < -0.4 is 4.74 Å². The molecule has 1 saturated carbocycles. The molecule has 0 spiro atoms. The number of hydrogen-bond donors (Lipinski definition) is 2. The number of rotatable bonds is 12. The second-order valence-corrected chi connectivity index (χ2v) is 10.4. The molecule has 2 aliphatic rings. The van der Waals surface area contributed by atoms with Gasteiger partial charge in [-0.3, -0.25) is 0 Å². The Morgan fingerprint density at radius 3 is 2.69 bits per heavy atom. The van der Waals surface area contributed by atoms with E-state index in [0.717, 1.165) is 68.2 Å². The summed E-state index contributed by atoms with van der Waals surface area (Å²) in [4.78, 5) is 12.2. The lowest BCUT2D eigenvalue weighted by atomic mass is 9.73. The van der Waals surface area contributed by atoms with Gasteiger partial charge >= 0.3 is 5.97 Å². The molecule has 0 aromatic heterocycles. The van der Waals surface area contributed by atoms with Gasteiger partial charge in [0.15, 0.2) is 6.61 Å². The van der Waals surface area contributed by atoms with Crippen LogP contribution in [0.1, 0.15) is 68.6 Å². The molecule has 4 rings (SSSR count). The number of aliphatic hydroxyl groups excluding tert-OH is 2. The molecule has 2 aliphatic carbocycles. The van der Waals surface area contributed by atoms with E-state index >= 15 is 0 Å². The van der Waals surface area contributed by atoms with E-state index in [1.807, 2.05) is 42.5 Å². The van der Waals surface area contributed by atoms with E-state index in [4.69, 9.17) is 9.47 Å². The molecule has 35 heavy (non-hydrogen) atoms. The van der Waals surface area contributed by atoms with Crippen molar-refractivity contribution in [2.24, 2.45) is 17.8 Å². The molecule has 0 aliphatic heterocycles. The van der Waals surface area contributed by atoms with Crippen LogP contribution >= 0.6 is 0 Å². The van der Waals surface area contributed by atoms with E-state index < -0.39 is 0 Å². The van der Waals surface area contributed by atoms with Crippen molar-refractivity contribution in [2.75, 3.05) is 6.61 Å². The van der Waals surface area contributed by atoms with Gasteiger partial charge in [0.1, 0.15) is 12.4 Å². The fraction of sp³-hybridized carbons (Fsp3) is 0.567. The standard InChI is InChI=1S/C30H40O5/c1-2-3-5-12-24(31)14-15-25-26-16-22-11-8-13-29(27(22)17-23(26)18-28(25)32)34-20-30(33)35-19-21-9-6-4-7-10-21/h4,6-11,13,23-26,28,31-32H,2-3,5,12,14-20H2,1H3/t23-,24-,25?,26-,28+/m0/s1. The molecule has 2 aromatic rings. The Labute approximate surface area is 209 Å². The normalized spacial score (nSPS) is 23.9.